The molecule has 1 aliphatic heterocycles. The highest BCUT2D eigenvalue weighted by atomic mass is 79.9. The lowest BCUT2D eigenvalue weighted by Crippen LogP contribution is -2.29. The summed E-state index contributed by atoms with van der Waals surface area (Å²) in [4.78, 5) is 0. The molecule has 1 aromatic carbocycles. The fourth-order valence-corrected chi connectivity index (χ4v) is 2.45. The molecule has 0 spiro atoms. The summed E-state index contributed by atoms with van der Waals surface area (Å²) in [5, 5.41) is 3.33. The second-order valence-corrected chi connectivity index (χ2v) is 5.31. The van der Waals surface area contributed by atoms with Crippen LogP contribution in [0.4, 0.5) is 4.39 Å². The second kappa shape index (κ2) is 6.47. The van der Waals surface area contributed by atoms with Gasteiger partial charge in [-0.3, -0.25) is 0 Å². The Kier molecular flexibility index (Phi) is 4.95. The predicted octanol–water partition coefficient (Wildman–Crippen LogP) is 3.10. The summed E-state index contributed by atoms with van der Waals surface area (Å²) in [6.07, 6.45) is 2.38. The minimum Gasteiger partial charge on any atom is -0.376 e. The number of rotatable bonds is 4. The van der Waals surface area contributed by atoms with Crippen molar-refractivity contribution in [2.45, 2.75) is 19.4 Å². The number of nitrogens with one attached hydrogen (secondary N) is 1. The molecule has 0 aromatic heterocycles. The third kappa shape index (κ3) is 4.05. The average molecular weight is 302 g/mol. The molecule has 1 aromatic rings. The van der Waals surface area contributed by atoms with Crippen molar-refractivity contribution >= 4 is 15.9 Å². The van der Waals surface area contributed by atoms with Crippen LogP contribution in [0.5, 0.6) is 0 Å². The van der Waals surface area contributed by atoms with Gasteiger partial charge in [-0.15, -0.1) is 0 Å². The zero-order chi connectivity index (χ0) is 12.1. The maximum atomic E-state index is 13.0. The molecule has 1 aliphatic rings. The average Bonchev–Trinajstić information content (AvgIpc) is 2.35. The van der Waals surface area contributed by atoms with Crippen LogP contribution >= 0.6 is 15.9 Å². The Hall–Kier alpha value is -0.450. The van der Waals surface area contributed by atoms with Crippen molar-refractivity contribution in [1.82, 2.24) is 5.32 Å². The van der Waals surface area contributed by atoms with E-state index in [9.17, 15) is 4.39 Å². The van der Waals surface area contributed by atoms with Crippen LogP contribution in [0.25, 0.3) is 0 Å². The smallest absolute Gasteiger partial charge is 0.137 e. The molecule has 0 bridgehead atoms. The highest BCUT2D eigenvalue weighted by Crippen LogP contribution is 2.18. The van der Waals surface area contributed by atoms with Gasteiger partial charge in [-0.1, -0.05) is 6.07 Å². The summed E-state index contributed by atoms with van der Waals surface area (Å²) in [5.74, 6) is 0.437. The third-order valence-electron chi connectivity index (χ3n) is 3.07. The Morgan fingerprint density at radius 1 is 1.35 bits per heavy atom. The van der Waals surface area contributed by atoms with E-state index < -0.39 is 0 Å². The molecule has 0 atom stereocenters. The quantitative estimate of drug-likeness (QED) is 0.923. The van der Waals surface area contributed by atoms with Gasteiger partial charge in [0.15, 0.2) is 0 Å². The van der Waals surface area contributed by atoms with Gasteiger partial charge >= 0.3 is 0 Å². The van der Waals surface area contributed by atoms with Crippen LogP contribution < -0.4 is 5.32 Å². The topological polar surface area (TPSA) is 21.3 Å². The van der Waals surface area contributed by atoms with Crippen LogP contribution in [-0.2, 0) is 11.3 Å². The van der Waals surface area contributed by atoms with Crippen LogP contribution in [0.15, 0.2) is 22.7 Å². The van der Waals surface area contributed by atoms with E-state index in [1.165, 1.54) is 18.9 Å². The summed E-state index contributed by atoms with van der Waals surface area (Å²) < 4.78 is 19.2. The van der Waals surface area contributed by atoms with E-state index in [4.69, 9.17) is 4.74 Å². The van der Waals surface area contributed by atoms with Crippen molar-refractivity contribution in [1.29, 1.82) is 0 Å². The van der Waals surface area contributed by atoms with Gasteiger partial charge in [0.2, 0.25) is 0 Å². The van der Waals surface area contributed by atoms with Gasteiger partial charge in [-0.05, 0) is 65.5 Å². The van der Waals surface area contributed by atoms with Gasteiger partial charge in [0.1, 0.15) is 5.82 Å². The molecule has 0 saturated carbocycles. The first-order valence-corrected chi connectivity index (χ1v) is 6.77. The van der Waals surface area contributed by atoms with Crippen molar-refractivity contribution in [2.75, 3.05) is 19.7 Å². The SMILES string of the molecule is Fc1ccc(COCC2CCNCC2)cc1Br. The summed E-state index contributed by atoms with van der Waals surface area (Å²) in [6, 6.07) is 5.01. The maximum absolute atomic E-state index is 13.0. The lowest BCUT2D eigenvalue weighted by molar-refractivity contribution is 0.0763. The van der Waals surface area contributed by atoms with Gasteiger partial charge in [-0.2, -0.15) is 0 Å². The number of halogens is 2. The second-order valence-electron chi connectivity index (χ2n) is 4.46. The third-order valence-corrected chi connectivity index (χ3v) is 3.67. The van der Waals surface area contributed by atoms with Gasteiger partial charge in [0.05, 0.1) is 11.1 Å². The standard InChI is InChI=1S/C13H17BrFNO/c14-12-7-11(1-2-13(12)15)9-17-8-10-3-5-16-6-4-10/h1-2,7,10,16H,3-6,8-9H2. The minimum atomic E-state index is -0.230. The highest BCUT2D eigenvalue weighted by molar-refractivity contribution is 9.10. The van der Waals surface area contributed by atoms with Crippen molar-refractivity contribution in [2.24, 2.45) is 5.92 Å². The first-order valence-electron chi connectivity index (χ1n) is 5.98. The van der Waals surface area contributed by atoms with Crippen LogP contribution in [0.2, 0.25) is 0 Å². The van der Waals surface area contributed by atoms with Crippen LogP contribution in [-0.4, -0.2) is 19.7 Å². The molecule has 0 radical (unpaired) electrons. The lowest BCUT2D eigenvalue weighted by Gasteiger charge is -2.22. The molecule has 1 fully saturated rings. The van der Waals surface area contributed by atoms with Crippen LogP contribution in [0.3, 0.4) is 0 Å². The minimum absolute atomic E-state index is 0.230. The Balaban J connectivity index is 1.75. The van der Waals surface area contributed by atoms with E-state index in [0.717, 1.165) is 25.3 Å². The van der Waals surface area contributed by atoms with E-state index >= 15 is 0 Å². The highest BCUT2D eigenvalue weighted by Gasteiger charge is 2.12. The van der Waals surface area contributed by atoms with Crippen molar-refractivity contribution in [3.05, 3.63) is 34.1 Å². The summed E-state index contributed by atoms with van der Waals surface area (Å²) >= 11 is 3.18. The molecule has 0 amide bonds. The zero-order valence-electron chi connectivity index (χ0n) is 9.72. The normalized spacial score (nSPS) is 17.3. The molecule has 1 heterocycles. The molecule has 4 heteroatoms. The first-order chi connectivity index (χ1) is 8.25. The molecule has 0 aliphatic carbocycles. The van der Waals surface area contributed by atoms with E-state index in [1.54, 1.807) is 12.1 Å². The number of hydrogen-bond acceptors (Lipinski definition) is 2. The zero-order valence-corrected chi connectivity index (χ0v) is 11.3. The Labute approximate surface area is 110 Å². The van der Waals surface area contributed by atoms with Gasteiger partial charge in [-0.25, -0.2) is 4.39 Å². The number of hydrogen-bond donors (Lipinski definition) is 1. The van der Waals surface area contributed by atoms with Crippen molar-refractivity contribution in [3.8, 4) is 0 Å². The number of benzene rings is 1. The van der Waals surface area contributed by atoms with Crippen LogP contribution in [0, 0.1) is 11.7 Å². The maximum Gasteiger partial charge on any atom is 0.137 e. The number of piperidine rings is 1. The molecule has 94 valence electrons. The van der Waals surface area contributed by atoms with Gasteiger partial charge in [0, 0.05) is 6.61 Å². The summed E-state index contributed by atoms with van der Waals surface area (Å²) in [5.41, 5.74) is 1.01. The molecule has 2 nitrogen and oxygen atoms in total. The van der Waals surface area contributed by atoms with Gasteiger partial charge < -0.3 is 10.1 Å². The van der Waals surface area contributed by atoms with Gasteiger partial charge in [0.25, 0.3) is 0 Å². The monoisotopic (exact) mass is 301 g/mol. The van der Waals surface area contributed by atoms with E-state index in [-0.39, 0.29) is 5.82 Å². The molecule has 1 N–H and O–H groups in total. The molecular weight excluding hydrogens is 285 g/mol. The molecule has 0 unspecified atom stereocenters. The van der Waals surface area contributed by atoms with E-state index in [1.807, 2.05) is 0 Å². The Morgan fingerprint density at radius 2 is 2.12 bits per heavy atom. The molecular formula is C13H17BrFNO. The fourth-order valence-electron chi connectivity index (χ4n) is 2.02. The number of ether oxygens (including phenoxy) is 1. The van der Waals surface area contributed by atoms with E-state index in [2.05, 4.69) is 21.2 Å². The molecule has 2 rings (SSSR count). The van der Waals surface area contributed by atoms with Crippen molar-refractivity contribution in [3.63, 3.8) is 0 Å². The predicted molar refractivity (Wildman–Crippen MR) is 69.3 cm³/mol. The van der Waals surface area contributed by atoms with Crippen molar-refractivity contribution < 1.29 is 9.13 Å². The summed E-state index contributed by atoms with van der Waals surface area (Å²) in [7, 11) is 0. The Bertz CT molecular complexity index is 366. The lowest BCUT2D eigenvalue weighted by atomic mass is 9.99. The van der Waals surface area contributed by atoms with E-state index in [0.29, 0.717) is 17.0 Å². The first kappa shape index (κ1) is 13.0. The molecule has 1 saturated heterocycles. The van der Waals surface area contributed by atoms with Crippen LogP contribution in [0.1, 0.15) is 18.4 Å². The Morgan fingerprint density at radius 3 is 2.82 bits per heavy atom. The fraction of sp³-hybridized carbons (Fsp3) is 0.538. The molecule has 17 heavy (non-hydrogen) atoms. The summed E-state index contributed by atoms with van der Waals surface area (Å²) in [6.45, 7) is 3.55. The largest absolute Gasteiger partial charge is 0.376 e.